The Kier molecular flexibility index (Phi) is 5.08. The van der Waals surface area contributed by atoms with Crippen molar-refractivity contribution in [2.24, 2.45) is 0 Å². The lowest BCUT2D eigenvalue weighted by molar-refractivity contribution is -0.114. The highest BCUT2D eigenvalue weighted by atomic mass is 16.5. The largest absolute Gasteiger partial charge is 0.462 e. The molecule has 1 aromatic carbocycles. The van der Waals surface area contributed by atoms with Gasteiger partial charge in [0.15, 0.2) is 0 Å². The van der Waals surface area contributed by atoms with Gasteiger partial charge in [0.05, 0.1) is 24.1 Å². The van der Waals surface area contributed by atoms with Crippen molar-refractivity contribution < 1.29 is 14.3 Å². The fourth-order valence-corrected chi connectivity index (χ4v) is 1.80. The van der Waals surface area contributed by atoms with Gasteiger partial charge in [-0.3, -0.25) is 4.79 Å². The Labute approximate surface area is 128 Å². The van der Waals surface area contributed by atoms with Gasteiger partial charge in [-0.05, 0) is 43.3 Å². The molecule has 114 valence electrons. The molecule has 0 spiro atoms. The van der Waals surface area contributed by atoms with Crippen molar-refractivity contribution >= 4 is 29.1 Å². The monoisotopic (exact) mass is 299 g/mol. The SMILES string of the molecule is CCOC(=O)c1ccc(Nc2ccc(NC(C)=O)cn2)cc1. The molecule has 6 heteroatoms. The quantitative estimate of drug-likeness (QED) is 0.830. The summed E-state index contributed by atoms with van der Waals surface area (Å²) in [5.41, 5.74) is 1.94. The van der Waals surface area contributed by atoms with Crippen LogP contribution in [0.3, 0.4) is 0 Å². The van der Waals surface area contributed by atoms with Gasteiger partial charge >= 0.3 is 5.97 Å². The molecule has 1 amide bonds. The normalized spacial score (nSPS) is 9.91. The first-order valence-corrected chi connectivity index (χ1v) is 6.86. The second-order valence-corrected chi connectivity index (χ2v) is 4.54. The highest BCUT2D eigenvalue weighted by Crippen LogP contribution is 2.17. The first kappa shape index (κ1) is 15.5. The maximum atomic E-state index is 11.6. The van der Waals surface area contributed by atoms with Crippen LogP contribution in [0.4, 0.5) is 17.2 Å². The zero-order valence-corrected chi connectivity index (χ0v) is 12.4. The van der Waals surface area contributed by atoms with E-state index in [1.807, 2.05) is 0 Å². The lowest BCUT2D eigenvalue weighted by Crippen LogP contribution is -2.06. The van der Waals surface area contributed by atoms with Crippen LogP contribution in [0.15, 0.2) is 42.6 Å². The molecule has 6 nitrogen and oxygen atoms in total. The number of ether oxygens (including phenoxy) is 1. The number of nitrogens with one attached hydrogen (secondary N) is 2. The summed E-state index contributed by atoms with van der Waals surface area (Å²) in [5.74, 6) is 0.155. The number of rotatable bonds is 5. The Bertz CT molecular complexity index is 651. The smallest absolute Gasteiger partial charge is 0.338 e. The summed E-state index contributed by atoms with van der Waals surface area (Å²) in [5, 5.41) is 5.75. The molecule has 1 aromatic heterocycles. The molecular weight excluding hydrogens is 282 g/mol. The van der Waals surface area contributed by atoms with Gasteiger partial charge in [0, 0.05) is 12.6 Å². The van der Waals surface area contributed by atoms with E-state index in [1.165, 1.54) is 6.92 Å². The topological polar surface area (TPSA) is 80.3 Å². The number of carbonyl (C=O) groups excluding carboxylic acids is 2. The van der Waals surface area contributed by atoms with Crippen LogP contribution in [0.1, 0.15) is 24.2 Å². The third-order valence-electron chi connectivity index (χ3n) is 2.75. The summed E-state index contributed by atoms with van der Waals surface area (Å²) < 4.78 is 4.92. The van der Waals surface area contributed by atoms with Gasteiger partial charge in [0.25, 0.3) is 0 Å². The third kappa shape index (κ3) is 4.31. The number of esters is 1. The van der Waals surface area contributed by atoms with Gasteiger partial charge in [0.1, 0.15) is 5.82 Å². The Balaban J connectivity index is 2.01. The average Bonchev–Trinajstić information content (AvgIpc) is 2.50. The molecule has 0 saturated carbocycles. The minimum atomic E-state index is -0.341. The average molecular weight is 299 g/mol. The predicted molar refractivity (Wildman–Crippen MR) is 84.2 cm³/mol. The molecule has 0 unspecified atom stereocenters. The number of nitrogens with zero attached hydrogens (tertiary/aromatic N) is 1. The second kappa shape index (κ2) is 7.21. The molecule has 1 heterocycles. The molecule has 2 rings (SSSR count). The number of pyridine rings is 1. The fourth-order valence-electron chi connectivity index (χ4n) is 1.80. The van der Waals surface area contributed by atoms with E-state index in [9.17, 15) is 9.59 Å². The highest BCUT2D eigenvalue weighted by molar-refractivity contribution is 5.90. The number of aromatic nitrogens is 1. The van der Waals surface area contributed by atoms with Crippen molar-refractivity contribution in [1.29, 1.82) is 0 Å². The molecule has 0 aliphatic carbocycles. The van der Waals surface area contributed by atoms with Crippen LogP contribution in [0.25, 0.3) is 0 Å². The van der Waals surface area contributed by atoms with Crippen molar-refractivity contribution in [2.75, 3.05) is 17.2 Å². The van der Waals surface area contributed by atoms with Gasteiger partial charge in [-0.25, -0.2) is 9.78 Å². The van der Waals surface area contributed by atoms with E-state index in [0.717, 1.165) is 5.69 Å². The zero-order chi connectivity index (χ0) is 15.9. The predicted octanol–water partition coefficient (Wildman–Crippen LogP) is 2.96. The van der Waals surface area contributed by atoms with Crippen molar-refractivity contribution in [3.8, 4) is 0 Å². The van der Waals surface area contributed by atoms with E-state index in [1.54, 1.807) is 49.5 Å². The van der Waals surface area contributed by atoms with Crippen molar-refractivity contribution in [2.45, 2.75) is 13.8 Å². The van der Waals surface area contributed by atoms with Crippen molar-refractivity contribution in [1.82, 2.24) is 4.98 Å². The Hall–Kier alpha value is -2.89. The minimum absolute atomic E-state index is 0.142. The number of hydrogen-bond donors (Lipinski definition) is 2. The zero-order valence-electron chi connectivity index (χ0n) is 12.4. The third-order valence-corrected chi connectivity index (χ3v) is 2.75. The number of carbonyl (C=O) groups is 2. The van der Waals surface area contributed by atoms with E-state index in [4.69, 9.17) is 4.74 Å². The summed E-state index contributed by atoms with van der Waals surface area (Å²) in [4.78, 5) is 26.7. The standard InChI is InChI=1S/C16H17N3O3/c1-3-22-16(21)12-4-6-13(7-5-12)19-15-9-8-14(10-17-15)18-11(2)20/h4-10H,3H2,1-2H3,(H,17,19)(H,18,20). The molecule has 0 atom stereocenters. The molecule has 0 saturated heterocycles. The van der Waals surface area contributed by atoms with E-state index in [0.29, 0.717) is 23.7 Å². The van der Waals surface area contributed by atoms with Crippen molar-refractivity contribution in [3.05, 3.63) is 48.2 Å². The highest BCUT2D eigenvalue weighted by Gasteiger charge is 2.05. The second-order valence-electron chi connectivity index (χ2n) is 4.54. The maximum Gasteiger partial charge on any atom is 0.338 e. The lowest BCUT2D eigenvalue weighted by Gasteiger charge is -2.08. The Morgan fingerprint density at radius 3 is 2.32 bits per heavy atom. The Morgan fingerprint density at radius 2 is 1.77 bits per heavy atom. The Morgan fingerprint density at radius 1 is 1.09 bits per heavy atom. The van der Waals surface area contributed by atoms with Crippen molar-refractivity contribution in [3.63, 3.8) is 0 Å². The molecule has 2 N–H and O–H groups in total. The van der Waals surface area contributed by atoms with E-state index in [2.05, 4.69) is 15.6 Å². The molecule has 0 radical (unpaired) electrons. The van der Waals surface area contributed by atoms with Gasteiger partial charge in [0.2, 0.25) is 5.91 Å². The summed E-state index contributed by atoms with van der Waals surface area (Å²) in [6, 6.07) is 10.4. The van der Waals surface area contributed by atoms with Crippen LogP contribution in [0, 0.1) is 0 Å². The maximum absolute atomic E-state index is 11.6. The first-order chi connectivity index (χ1) is 10.6. The molecule has 2 aromatic rings. The van der Waals surface area contributed by atoms with Crippen LogP contribution >= 0.6 is 0 Å². The summed E-state index contributed by atoms with van der Waals surface area (Å²) in [6.45, 7) is 3.56. The molecule has 0 aliphatic rings. The number of anilines is 3. The van der Waals surface area contributed by atoms with E-state index in [-0.39, 0.29) is 11.9 Å². The van der Waals surface area contributed by atoms with Crippen LogP contribution in [-0.2, 0) is 9.53 Å². The molecule has 0 bridgehead atoms. The van der Waals surface area contributed by atoms with Crippen LogP contribution in [0.2, 0.25) is 0 Å². The van der Waals surface area contributed by atoms with Gasteiger partial charge in [-0.15, -0.1) is 0 Å². The van der Waals surface area contributed by atoms with Gasteiger partial charge in [-0.2, -0.15) is 0 Å². The van der Waals surface area contributed by atoms with Crippen LogP contribution in [0.5, 0.6) is 0 Å². The fraction of sp³-hybridized carbons (Fsp3) is 0.188. The van der Waals surface area contributed by atoms with E-state index >= 15 is 0 Å². The van der Waals surface area contributed by atoms with Crippen LogP contribution in [-0.4, -0.2) is 23.5 Å². The van der Waals surface area contributed by atoms with Crippen LogP contribution < -0.4 is 10.6 Å². The van der Waals surface area contributed by atoms with Gasteiger partial charge < -0.3 is 15.4 Å². The summed E-state index contributed by atoms with van der Waals surface area (Å²) in [6.07, 6.45) is 1.57. The minimum Gasteiger partial charge on any atom is -0.462 e. The molecule has 0 aliphatic heterocycles. The summed E-state index contributed by atoms with van der Waals surface area (Å²) in [7, 11) is 0. The molecular formula is C16H17N3O3. The molecule has 22 heavy (non-hydrogen) atoms. The van der Waals surface area contributed by atoms with E-state index < -0.39 is 0 Å². The molecule has 0 fully saturated rings. The number of hydrogen-bond acceptors (Lipinski definition) is 5. The van der Waals surface area contributed by atoms with Gasteiger partial charge in [-0.1, -0.05) is 0 Å². The number of benzene rings is 1. The first-order valence-electron chi connectivity index (χ1n) is 6.86. The number of amides is 1. The lowest BCUT2D eigenvalue weighted by atomic mass is 10.2. The summed E-state index contributed by atoms with van der Waals surface area (Å²) >= 11 is 0.